The summed E-state index contributed by atoms with van der Waals surface area (Å²) in [6, 6.07) is 14.3. The smallest absolute Gasteiger partial charge is 0.151 e. The molecule has 0 aromatic heterocycles. The third-order valence-corrected chi connectivity index (χ3v) is 2.46. The molecule has 0 radical (unpaired) electrons. The van der Waals surface area contributed by atoms with E-state index in [1.165, 1.54) is 0 Å². The molecule has 0 N–H and O–H groups in total. The van der Waals surface area contributed by atoms with Gasteiger partial charge in [0.1, 0.15) is 6.29 Å². The van der Waals surface area contributed by atoms with Crippen molar-refractivity contribution in [2.24, 2.45) is 0 Å². The summed E-state index contributed by atoms with van der Waals surface area (Å²) in [5.41, 5.74) is 2.44. The summed E-state index contributed by atoms with van der Waals surface area (Å²) in [5, 5.41) is 0. The van der Waals surface area contributed by atoms with Crippen LogP contribution in [0.1, 0.15) is 31.8 Å². The van der Waals surface area contributed by atoms with Crippen LogP contribution in [0.4, 0.5) is 0 Å². The monoisotopic (exact) mass is 234 g/mol. The molecular weight excluding hydrogens is 224 g/mol. The third kappa shape index (κ3) is 2.72. The van der Waals surface area contributed by atoms with E-state index in [1.54, 1.807) is 18.2 Å². The summed E-state index contributed by atoms with van der Waals surface area (Å²) in [6.45, 7) is 0. The van der Waals surface area contributed by atoms with Gasteiger partial charge in [0.05, 0.1) is 0 Å². The largest absolute Gasteiger partial charge is 0.298 e. The Morgan fingerprint density at radius 3 is 2.28 bits per heavy atom. The van der Waals surface area contributed by atoms with Crippen LogP contribution in [-0.4, -0.2) is 12.6 Å². The summed E-state index contributed by atoms with van der Waals surface area (Å²) in [5.74, 6) is 5.88. The number of hydrogen-bond donors (Lipinski definition) is 0. The molecule has 0 atom stereocenters. The van der Waals surface area contributed by atoms with Gasteiger partial charge in [-0.15, -0.1) is 0 Å². The fraction of sp³-hybridized carbons (Fsp3) is 0. The van der Waals surface area contributed by atoms with Gasteiger partial charge in [-0.2, -0.15) is 0 Å². The Bertz CT molecular complexity index is 631. The van der Waals surface area contributed by atoms with Gasteiger partial charge < -0.3 is 0 Å². The van der Waals surface area contributed by atoms with Gasteiger partial charge in [0, 0.05) is 22.3 Å². The molecule has 0 saturated heterocycles. The van der Waals surface area contributed by atoms with E-state index in [0.29, 0.717) is 16.7 Å². The second kappa shape index (κ2) is 5.60. The first-order chi connectivity index (χ1) is 8.83. The van der Waals surface area contributed by atoms with Crippen LogP contribution >= 0.6 is 0 Å². The van der Waals surface area contributed by atoms with Crippen molar-refractivity contribution in [1.29, 1.82) is 0 Å². The molecule has 0 spiro atoms. The van der Waals surface area contributed by atoms with E-state index in [2.05, 4.69) is 11.8 Å². The van der Waals surface area contributed by atoms with Gasteiger partial charge in [0.2, 0.25) is 0 Å². The average molecular weight is 234 g/mol. The topological polar surface area (TPSA) is 34.1 Å². The minimum Gasteiger partial charge on any atom is -0.298 e. The van der Waals surface area contributed by atoms with Crippen molar-refractivity contribution in [2.75, 3.05) is 0 Å². The highest BCUT2D eigenvalue weighted by Crippen LogP contribution is 2.08. The Morgan fingerprint density at radius 2 is 1.61 bits per heavy atom. The van der Waals surface area contributed by atoms with Crippen LogP contribution in [0.5, 0.6) is 0 Å². The Morgan fingerprint density at radius 1 is 0.833 bits per heavy atom. The molecule has 2 rings (SSSR count). The van der Waals surface area contributed by atoms with E-state index in [9.17, 15) is 9.59 Å². The van der Waals surface area contributed by atoms with Crippen LogP contribution in [0.15, 0.2) is 48.5 Å². The fourth-order valence-corrected chi connectivity index (χ4v) is 1.52. The molecule has 0 heterocycles. The number of aldehydes is 2. The first-order valence-corrected chi connectivity index (χ1v) is 5.45. The highest BCUT2D eigenvalue weighted by atomic mass is 16.1. The number of carbonyl (C=O) groups excluding carboxylic acids is 2. The van der Waals surface area contributed by atoms with Crippen molar-refractivity contribution in [3.63, 3.8) is 0 Å². The summed E-state index contributed by atoms with van der Waals surface area (Å²) in [6.07, 6.45) is 1.48. The average Bonchev–Trinajstić information content (AvgIpc) is 2.45. The molecule has 0 amide bonds. The van der Waals surface area contributed by atoms with E-state index >= 15 is 0 Å². The Kier molecular flexibility index (Phi) is 3.68. The van der Waals surface area contributed by atoms with Crippen LogP contribution in [0.25, 0.3) is 0 Å². The lowest BCUT2D eigenvalue weighted by molar-refractivity contribution is 0.111. The third-order valence-electron chi connectivity index (χ3n) is 2.46. The van der Waals surface area contributed by atoms with Crippen LogP contribution < -0.4 is 0 Å². The first-order valence-electron chi connectivity index (χ1n) is 5.45. The maximum atomic E-state index is 10.9. The van der Waals surface area contributed by atoms with Crippen molar-refractivity contribution >= 4 is 12.6 Å². The molecule has 0 aliphatic rings. The quantitative estimate of drug-likeness (QED) is 0.591. The van der Waals surface area contributed by atoms with Crippen molar-refractivity contribution in [3.8, 4) is 11.8 Å². The van der Waals surface area contributed by atoms with Crippen molar-refractivity contribution in [3.05, 3.63) is 70.8 Å². The molecular formula is C16H10O2. The summed E-state index contributed by atoms with van der Waals surface area (Å²) in [7, 11) is 0. The second-order valence-corrected chi connectivity index (χ2v) is 3.70. The molecule has 2 aromatic carbocycles. The number of benzene rings is 2. The maximum absolute atomic E-state index is 10.9. The van der Waals surface area contributed by atoms with Crippen LogP contribution in [-0.2, 0) is 0 Å². The predicted octanol–water partition coefficient (Wildman–Crippen LogP) is 2.71. The summed E-state index contributed by atoms with van der Waals surface area (Å²) in [4.78, 5) is 21.6. The minimum atomic E-state index is 0.490. The zero-order chi connectivity index (χ0) is 12.8. The van der Waals surface area contributed by atoms with E-state index in [0.717, 1.165) is 18.1 Å². The Labute approximate surface area is 105 Å². The fourth-order valence-electron chi connectivity index (χ4n) is 1.52. The number of rotatable bonds is 2. The zero-order valence-corrected chi connectivity index (χ0v) is 9.59. The van der Waals surface area contributed by atoms with Gasteiger partial charge in [0.15, 0.2) is 6.29 Å². The van der Waals surface area contributed by atoms with Gasteiger partial charge in [-0.25, -0.2) is 0 Å². The highest BCUT2D eigenvalue weighted by Gasteiger charge is 2.00. The van der Waals surface area contributed by atoms with Crippen LogP contribution in [0.3, 0.4) is 0 Å². The number of carbonyl (C=O) groups is 2. The molecule has 2 heteroatoms. The van der Waals surface area contributed by atoms with E-state index in [4.69, 9.17) is 0 Å². The molecule has 0 fully saturated rings. The van der Waals surface area contributed by atoms with Gasteiger partial charge in [-0.3, -0.25) is 9.59 Å². The highest BCUT2D eigenvalue weighted by molar-refractivity contribution is 5.83. The standard InChI is InChI=1S/C16H10O2/c17-11-14-7-9-16(12-18)15(10-14)8-6-13-4-2-1-3-5-13/h1-5,7,9-12H. The van der Waals surface area contributed by atoms with E-state index in [1.807, 2.05) is 30.3 Å². The maximum Gasteiger partial charge on any atom is 0.151 e. The van der Waals surface area contributed by atoms with Crippen molar-refractivity contribution in [1.82, 2.24) is 0 Å². The second-order valence-electron chi connectivity index (χ2n) is 3.70. The molecule has 86 valence electrons. The Balaban J connectivity index is 2.42. The predicted molar refractivity (Wildman–Crippen MR) is 69.6 cm³/mol. The molecule has 0 unspecified atom stereocenters. The molecule has 0 aliphatic carbocycles. The Hall–Kier alpha value is -2.66. The molecule has 0 saturated carbocycles. The zero-order valence-electron chi connectivity index (χ0n) is 9.59. The molecule has 0 aliphatic heterocycles. The lowest BCUT2D eigenvalue weighted by Crippen LogP contribution is -1.90. The van der Waals surface area contributed by atoms with Gasteiger partial charge in [-0.05, 0) is 24.3 Å². The minimum absolute atomic E-state index is 0.490. The number of hydrogen-bond acceptors (Lipinski definition) is 2. The first kappa shape index (κ1) is 11.8. The van der Waals surface area contributed by atoms with Crippen molar-refractivity contribution in [2.45, 2.75) is 0 Å². The SMILES string of the molecule is O=Cc1ccc(C=O)c(C#Cc2ccccc2)c1. The van der Waals surface area contributed by atoms with E-state index < -0.39 is 0 Å². The summed E-state index contributed by atoms with van der Waals surface area (Å²) < 4.78 is 0. The van der Waals surface area contributed by atoms with Gasteiger partial charge >= 0.3 is 0 Å². The molecule has 0 bridgehead atoms. The van der Waals surface area contributed by atoms with Gasteiger partial charge in [-0.1, -0.05) is 36.1 Å². The van der Waals surface area contributed by atoms with Crippen LogP contribution in [0.2, 0.25) is 0 Å². The van der Waals surface area contributed by atoms with Crippen molar-refractivity contribution < 1.29 is 9.59 Å². The lowest BCUT2D eigenvalue weighted by Gasteiger charge is -1.97. The molecule has 2 nitrogen and oxygen atoms in total. The van der Waals surface area contributed by atoms with Gasteiger partial charge in [0.25, 0.3) is 0 Å². The summed E-state index contributed by atoms with van der Waals surface area (Å²) >= 11 is 0. The van der Waals surface area contributed by atoms with E-state index in [-0.39, 0.29) is 0 Å². The molecule has 18 heavy (non-hydrogen) atoms. The lowest BCUT2D eigenvalue weighted by atomic mass is 10.1. The molecule has 2 aromatic rings. The van der Waals surface area contributed by atoms with Crippen LogP contribution in [0, 0.1) is 11.8 Å². The normalized spacial score (nSPS) is 9.11.